The monoisotopic (exact) mass is 397 g/mol. The van der Waals surface area contributed by atoms with Gasteiger partial charge in [-0.25, -0.2) is 9.97 Å². The van der Waals surface area contributed by atoms with Crippen LogP contribution in [0.5, 0.6) is 17.2 Å². The summed E-state index contributed by atoms with van der Waals surface area (Å²) >= 11 is -1.08. The Morgan fingerprint density at radius 1 is 1.04 bits per heavy atom. The molecule has 1 atom stereocenters. The van der Waals surface area contributed by atoms with Gasteiger partial charge in [-0.2, -0.15) is 0 Å². The molecule has 0 spiro atoms. The lowest BCUT2D eigenvalue weighted by atomic mass is 10.1. The highest BCUT2D eigenvalue weighted by Gasteiger charge is 2.28. The minimum absolute atomic E-state index is 0.414. The number of methoxy groups -OCH3 is 3. The number of fused-ring (bicyclic) bond motifs is 3. The average molecular weight is 397 g/mol. The molecule has 0 amide bonds. The molecule has 2 aromatic carbocycles. The summed E-state index contributed by atoms with van der Waals surface area (Å²) in [6.45, 7) is 0. The fourth-order valence-corrected chi connectivity index (χ4v) is 4.46. The first-order valence-corrected chi connectivity index (χ1v) is 9.87. The van der Waals surface area contributed by atoms with Gasteiger partial charge in [-0.15, -0.1) is 0 Å². The number of benzene rings is 2. The van der Waals surface area contributed by atoms with Crippen molar-refractivity contribution in [1.82, 2.24) is 9.97 Å². The minimum Gasteiger partial charge on any atom is -0.611 e. The van der Waals surface area contributed by atoms with Gasteiger partial charge in [0.05, 0.1) is 32.6 Å². The lowest BCUT2D eigenvalue weighted by molar-refractivity contribution is 0.324. The second-order valence-corrected chi connectivity index (χ2v) is 7.51. The van der Waals surface area contributed by atoms with E-state index in [1.807, 2.05) is 24.3 Å². The molecule has 0 radical (unpaired) electrons. The van der Waals surface area contributed by atoms with Crippen LogP contribution in [0, 0.1) is 0 Å². The van der Waals surface area contributed by atoms with Crippen LogP contribution in [0.3, 0.4) is 0 Å². The molecular weight excluding hydrogens is 378 g/mol. The Morgan fingerprint density at radius 3 is 2.43 bits per heavy atom. The van der Waals surface area contributed by atoms with Gasteiger partial charge in [0.15, 0.2) is 16.4 Å². The Morgan fingerprint density at radius 2 is 1.75 bits per heavy atom. The van der Waals surface area contributed by atoms with Crippen molar-refractivity contribution in [1.29, 1.82) is 0 Å². The molecule has 2 heterocycles. The molecule has 1 unspecified atom stereocenters. The zero-order chi connectivity index (χ0) is 19.7. The summed E-state index contributed by atoms with van der Waals surface area (Å²) in [5, 5.41) is 3.18. The third kappa shape index (κ3) is 3.21. The number of nitrogens with one attached hydrogen (secondary N) is 1. The van der Waals surface area contributed by atoms with Gasteiger partial charge >= 0.3 is 0 Å². The van der Waals surface area contributed by atoms with Crippen molar-refractivity contribution >= 4 is 22.8 Å². The lowest BCUT2D eigenvalue weighted by Crippen LogP contribution is -2.15. The first-order valence-electron chi connectivity index (χ1n) is 8.55. The van der Waals surface area contributed by atoms with E-state index in [1.165, 1.54) is 0 Å². The maximum atomic E-state index is 12.4. The molecule has 3 aromatic rings. The predicted molar refractivity (Wildman–Crippen MR) is 107 cm³/mol. The van der Waals surface area contributed by atoms with Gasteiger partial charge < -0.3 is 24.1 Å². The number of hydrogen-bond acceptors (Lipinski definition) is 7. The highest BCUT2D eigenvalue weighted by molar-refractivity contribution is 7.90. The molecule has 1 N–H and O–H groups in total. The fraction of sp³-hybridized carbons (Fsp3) is 0.200. The molecule has 8 heteroatoms. The molecule has 4 rings (SSSR count). The van der Waals surface area contributed by atoms with Gasteiger partial charge in [-0.05, 0) is 23.3 Å². The van der Waals surface area contributed by atoms with Crippen LogP contribution in [-0.4, -0.2) is 35.9 Å². The van der Waals surface area contributed by atoms with Crippen molar-refractivity contribution in [3.8, 4) is 28.5 Å². The molecule has 7 nitrogen and oxygen atoms in total. The highest BCUT2D eigenvalue weighted by Crippen LogP contribution is 2.41. The van der Waals surface area contributed by atoms with E-state index in [1.54, 1.807) is 39.7 Å². The molecule has 0 saturated carbocycles. The smallest absolute Gasteiger partial charge is 0.227 e. The van der Waals surface area contributed by atoms with Gasteiger partial charge in [-0.1, -0.05) is 12.1 Å². The Kier molecular flexibility index (Phi) is 4.97. The molecule has 144 valence electrons. The summed E-state index contributed by atoms with van der Waals surface area (Å²) in [7, 11) is 4.68. The van der Waals surface area contributed by atoms with Crippen molar-refractivity contribution in [3.05, 3.63) is 48.2 Å². The number of rotatable bonds is 5. The van der Waals surface area contributed by atoms with E-state index < -0.39 is 11.2 Å². The van der Waals surface area contributed by atoms with Gasteiger partial charge in [0.25, 0.3) is 0 Å². The van der Waals surface area contributed by atoms with E-state index in [-0.39, 0.29) is 0 Å². The number of ether oxygens (including phenoxy) is 3. The largest absolute Gasteiger partial charge is 0.611 e. The van der Waals surface area contributed by atoms with Crippen LogP contribution in [0.25, 0.3) is 11.3 Å². The lowest BCUT2D eigenvalue weighted by Gasteiger charge is -2.21. The molecule has 1 aromatic heterocycles. The first kappa shape index (κ1) is 18.4. The molecule has 1 aliphatic heterocycles. The van der Waals surface area contributed by atoms with E-state index in [2.05, 4.69) is 15.3 Å². The molecule has 0 aliphatic carbocycles. The minimum atomic E-state index is -1.08. The van der Waals surface area contributed by atoms with Crippen LogP contribution in [0.2, 0.25) is 0 Å². The molecule has 28 heavy (non-hydrogen) atoms. The van der Waals surface area contributed by atoms with Crippen LogP contribution in [-0.2, 0) is 16.9 Å². The Hall–Kier alpha value is -2.97. The molecule has 0 bridgehead atoms. The van der Waals surface area contributed by atoms with E-state index in [0.717, 1.165) is 21.7 Å². The summed E-state index contributed by atoms with van der Waals surface area (Å²) in [6, 6.07) is 11.2. The van der Waals surface area contributed by atoms with Crippen LogP contribution in [0.4, 0.5) is 11.6 Å². The summed E-state index contributed by atoms with van der Waals surface area (Å²) in [5.74, 6) is 2.41. The topological polar surface area (TPSA) is 88.6 Å². The summed E-state index contributed by atoms with van der Waals surface area (Å²) in [6.07, 6.45) is 1.72. The Balaban J connectivity index is 1.72. The maximum absolute atomic E-state index is 12.4. The first-order chi connectivity index (χ1) is 13.6. The van der Waals surface area contributed by atoms with Gasteiger partial charge in [0.1, 0.15) is 5.75 Å². The molecule has 1 aliphatic rings. The molecule has 0 fully saturated rings. The number of nitrogens with zero attached hydrogens (tertiary/aromatic N) is 2. The zero-order valence-corrected chi connectivity index (χ0v) is 16.5. The van der Waals surface area contributed by atoms with Crippen molar-refractivity contribution in [2.24, 2.45) is 0 Å². The van der Waals surface area contributed by atoms with Gasteiger partial charge in [0, 0.05) is 29.6 Å². The second kappa shape index (κ2) is 7.57. The van der Waals surface area contributed by atoms with Crippen LogP contribution >= 0.6 is 0 Å². The predicted octanol–water partition coefficient (Wildman–Crippen LogP) is 3.53. The van der Waals surface area contributed by atoms with Crippen molar-refractivity contribution in [2.75, 3.05) is 26.6 Å². The van der Waals surface area contributed by atoms with Crippen LogP contribution in [0.15, 0.2) is 47.5 Å². The maximum Gasteiger partial charge on any atom is 0.227 e. The van der Waals surface area contributed by atoms with Crippen molar-refractivity contribution in [3.63, 3.8) is 0 Å². The highest BCUT2D eigenvalue weighted by atomic mass is 32.2. The second-order valence-electron chi connectivity index (χ2n) is 6.09. The molecule has 0 saturated heterocycles. The molecular formula is C20H19N3O4S. The third-order valence-corrected chi connectivity index (χ3v) is 5.88. The van der Waals surface area contributed by atoms with E-state index in [0.29, 0.717) is 34.6 Å². The summed E-state index contributed by atoms with van der Waals surface area (Å²) in [4.78, 5) is 9.85. The normalized spacial score (nSPS) is 14.6. The van der Waals surface area contributed by atoms with E-state index in [9.17, 15) is 4.55 Å². The average Bonchev–Trinajstić information content (AvgIpc) is 2.73. The number of anilines is 2. The quantitative estimate of drug-likeness (QED) is 0.659. The fourth-order valence-electron chi connectivity index (χ4n) is 3.17. The SMILES string of the molecule is COc1cc(Nc2ncc3c(n2)-c2ccccc2[S+]([O-])C3)cc(OC)c1OC. The van der Waals surface area contributed by atoms with Crippen molar-refractivity contribution < 1.29 is 18.8 Å². The third-order valence-electron chi connectivity index (χ3n) is 4.46. The summed E-state index contributed by atoms with van der Waals surface area (Å²) < 4.78 is 28.5. The van der Waals surface area contributed by atoms with E-state index >= 15 is 0 Å². The van der Waals surface area contributed by atoms with E-state index in [4.69, 9.17) is 14.2 Å². The van der Waals surface area contributed by atoms with Gasteiger partial charge in [-0.3, -0.25) is 0 Å². The Labute approximate surface area is 165 Å². The standard InChI is InChI=1S/C20H19N3O4S/c1-25-15-8-13(9-16(26-2)19(15)27-3)22-20-21-10-12-11-28(24)17-7-5-4-6-14(17)18(12)23-20/h4-10H,11H2,1-3H3,(H,21,22,23). The van der Waals surface area contributed by atoms with Crippen LogP contribution in [0.1, 0.15) is 5.56 Å². The number of aromatic nitrogens is 2. The van der Waals surface area contributed by atoms with Crippen molar-refractivity contribution in [2.45, 2.75) is 10.6 Å². The number of hydrogen-bond donors (Lipinski definition) is 1. The Bertz CT molecular complexity index is 1000. The van der Waals surface area contributed by atoms with Crippen LogP contribution < -0.4 is 19.5 Å². The summed E-state index contributed by atoms with van der Waals surface area (Å²) in [5.41, 5.74) is 3.23. The van der Waals surface area contributed by atoms with Gasteiger partial charge in [0.2, 0.25) is 11.7 Å². The zero-order valence-electron chi connectivity index (χ0n) is 15.7.